The van der Waals surface area contributed by atoms with Crippen LogP contribution in [0, 0.1) is 11.3 Å². The van der Waals surface area contributed by atoms with Crippen LogP contribution in [0.3, 0.4) is 0 Å². The third-order valence-corrected chi connectivity index (χ3v) is 8.14. The molecule has 0 bridgehead atoms. The van der Waals surface area contributed by atoms with Crippen molar-refractivity contribution in [2.24, 2.45) is 17.1 Å². The minimum absolute atomic E-state index is 0.00212. The van der Waals surface area contributed by atoms with Gasteiger partial charge in [0.15, 0.2) is 0 Å². The number of nitrogens with two attached hydrogens (primary N) is 1. The summed E-state index contributed by atoms with van der Waals surface area (Å²) in [6.45, 7) is 5.32. The standard InChI is InChI=1S/C22H19F17N2O2S/c1-14(2,3)7-4-5-8-9(6-7)44-12(10(8)11(40)42)41-13(43)15(23,24)16(25,26)17(27,28)18(29,30)19(31,32)20(33,34)21(35,36)22(37,38)39/h7H,4-6H2,1-3H3,(H2,40,42)(H,41,43). The van der Waals surface area contributed by atoms with Gasteiger partial charge < -0.3 is 11.1 Å². The van der Waals surface area contributed by atoms with E-state index in [-0.39, 0.29) is 40.5 Å². The second-order valence-electron chi connectivity index (χ2n) is 10.9. The Morgan fingerprint density at radius 3 is 1.50 bits per heavy atom. The highest BCUT2D eigenvalue weighted by atomic mass is 32.1. The Labute approximate surface area is 239 Å². The van der Waals surface area contributed by atoms with Crippen molar-refractivity contribution in [3.63, 3.8) is 0 Å². The number of fused-ring (bicyclic) bond motifs is 1. The van der Waals surface area contributed by atoms with Crippen molar-refractivity contribution in [1.29, 1.82) is 0 Å². The topological polar surface area (TPSA) is 72.2 Å². The van der Waals surface area contributed by atoms with Crippen molar-refractivity contribution in [3.05, 3.63) is 16.0 Å². The molecular weight excluding hydrogens is 679 g/mol. The van der Waals surface area contributed by atoms with Crippen LogP contribution >= 0.6 is 11.3 Å². The second kappa shape index (κ2) is 10.5. The molecular formula is C22H19F17N2O2S. The number of amides is 2. The maximum absolute atomic E-state index is 14.4. The number of alkyl halides is 17. The van der Waals surface area contributed by atoms with Gasteiger partial charge >= 0.3 is 53.5 Å². The van der Waals surface area contributed by atoms with Crippen molar-refractivity contribution < 1.29 is 84.2 Å². The molecule has 4 nitrogen and oxygen atoms in total. The van der Waals surface area contributed by atoms with Crippen LogP contribution in [-0.4, -0.2) is 59.4 Å². The van der Waals surface area contributed by atoms with Crippen LogP contribution in [0.5, 0.6) is 0 Å². The highest BCUT2D eigenvalue weighted by Crippen LogP contribution is 2.64. The average Bonchev–Trinajstić information content (AvgIpc) is 3.19. The molecule has 1 unspecified atom stereocenters. The average molecular weight is 698 g/mol. The molecule has 0 aromatic carbocycles. The lowest BCUT2D eigenvalue weighted by Crippen LogP contribution is -2.75. The summed E-state index contributed by atoms with van der Waals surface area (Å²) >= 11 is 0.235. The highest BCUT2D eigenvalue weighted by Gasteiger charge is 2.95. The molecule has 1 aliphatic rings. The zero-order chi connectivity index (χ0) is 35.1. The van der Waals surface area contributed by atoms with Gasteiger partial charge in [0.1, 0.15) is 5.00 Å². The third kappa shape index (κ3) is 5.25. The van der Waals surface area contributed by atoms with Crippen molar-refractivity contribution in [2.75, 3.05) is 5.32 Å². The summed E-state index contributed by atoms with van der Waals surface area (Å²) in [6, 6.07) is 0. The van der Waals surface area contributed by atoms with Gasteiger partial charge in [0.25, 0.3) is 5.91 Å². The summed E-state index contributed by atoms with van der Waals surface area (Å²) in [5.74, 6) is -64.1. The number of carbonyl (C=O) groups excluding carboxylic acids is 2. The highest BCUT2D eigenvalue weighted by molar-refractivity contribution is 7.17. The van der Waals surface area contributed by atoms with Crippen molar-refractivity contribution in [2.45, 2.75) is 87.7 Å². The van der Waals surface area contributed by atoms with E-state index in [0.717, 1.165) is 5.32 Å². The SMILES string of the molecule is CC(C)(C)C1CCc2c(sc(NC(=O)C(F)(F)C(F)(F)C(F)(F)C(F)(F)C(F)(F)C(F)(F)C(F)(F)C(F)(F)F)c2C(N)=O)C1. The molecule has 0 spiro atoms. The molecule has 2 amide bonds. The van der Waals surface area contributed by atoms with E-state index in [1.165, 1.54) is 0 Å². The third-order valence-electron chi connectivity index (χ3n) is 6.97. The Balaban J connectivity index is 2.57. The van der Waals surface area contributed by atoms with E-state index >= 15 is 0 Å². The summed E-state index contributed by atoms with van der Waals surface area (Å²) in [6.07, 6.45) is -7.50. The zero-order valence-corrected chi connectivity index (χ0v) is 22.7. The van der Waals surface area contributed by atoms with E-state index in [9.17, 15) is 84.2 Å². The molecule has 0 saturated carbocycles. The van der Waals surface area contributed by atoms with Gasteiger partial charge in [0, 0.05) is 4.88 Å². The summed E-state index contributed by atoms with van der Waals surface area (Å²) in [5.41, 5.74) is 3.91. The Hall–Kier alpha value is -2.55. The molecule has 1 aromatic heterocycles. The van der Waals surface area contributed by atoms with E-state index in [2.05, 4.69) is 0 Å². The van der Waals surface area contributed by atoms with Crippen LogP contribution in [0.1, 0.15) is 48.0 Å². The van der Waals surface area contributed by atoms with Crippen molar-refractivity contribution in [1.82, 2.24) is 0 Å². The molecule has 1 aliphatic carbocycles. The zero-order valence-electron chi connectivity index (χ0n) is 21.9. The molecule has 1 heterocycles. The Morgan fingerprint density at radius 1 is 0.705 bits per heavy atom. The fraction of sp³-hybridized carbons (Fsp3) is 0.727. The Morgan fingerprint density at radius 2 is 1.11 bits per heavy atom. The molecule has 0 radical (unpaired) electrons. The molecule has 0 fully saturated rings. The normalized spacial score (nSPS) is 18.2. The van der Waals surface area contributed by atoms with Crippen LogP contribution in [0.4, 0.5) is 79.6 Å². The van der Waals surface area contributed by atoms with Gasteiger partial charge in [0.05, 0.1) is 5.56 Å². The molecule has 0 saturated heterocycles. The van der Waals surface area contributed by atoms with Crippen LogP contribution in [-0.2, 0) is 17.6 Å². The van der Waals surface area contributed by atoms with Gasteiger partial charge in [-0.2, -0.15) is 74.6 Å². The van der Waals surface area contributed by atoms with Gasteiger partial charge in [-0.05, 0) is 36.2 Å². The first-order valence-electron chi connectivity index (χ1n) is 11.6. The first-order chi connectivity index (χ1) is 19.2. The van der Waals surface area contributed by atoms with Crippen molar-refractivity contribution >= 4 is 28.2 Å². The van der Waals surface area contributed by atoms with Crippen LogP contribution < -0.4 is 11.1 Å². The van der Waals surface area contributed by atoms with Crippen LogP contribution in [0.25, 0.3) is 0 Å². The Bertz CT molecular complexity index is 1290. The lowest BCUT2D eigenvalue weighted by molar-refractivity contribution is -0.459. The number of halogens is 17. The Kier molecular flexibility index (Phi) is 8.98. The molecule has 1 atom stereocenters. The van der Waals surface area contributed by atoms with Crippen molar-refractivity contribution in [3.8, 4) is 0 Å². The quantitative estimate of drug-likeness (QED) is 0.257. The molecule has 3 N–H and O–H groups in total. The fourth-order valence-corrected chi connectivity index (χ4v) is 5.49. The first-order valence-corrected chi connectivity index (χ1v) is 12.4. The van der Waals surface area contributed by atoms with E-state index in [1.54, 1.807) is 20.8 Å². The predicted molar refractivity (Wildman–Crippen MR) is 117 cm³/mol. The summed E-state index contributed by atoms with van der Waals surface area (Å²) in [7, 11) is 0. The number of nitrogens with one attached hydrogen (secondary N) is 1. The molecule has 1 aromatic rings. The summed E-state index contributed by atoms with van der Waals surface area (Å²) in [5, 5.41) is -0.265. The van der Waals surface area contributed by atoms with E-state index in [4.69, 9.17) is 5.73 Å². The molecule has 0 aliphatic heterocycles. The maximum Gasteiger partial charge on any atom is 0.460 e. The monoisotopic (exact) mass is 698 g/mol. The summed E-state index contributed by atoms with van der Waals surface area (Å²) < 4.78 is 230. The van der Waals surface area contributed by atoms with Gasteiger partial charge in [-0.25, -0.2) is 0 Å². The lowest BCUT2D eigenvalue weighted by atomic mass is 9.72. The largest absolute Gasteiger partial charge is 0.460 e. The molecule has 44 heavy (non-hydrogen) atoms. The van der Waals surface area contributed by atoms with Gasteiger partial charge in [-0.15, -0.1) is 11.3 Å². The fourth-order valence-electron chi connectivity index (χ4n) is 4.16. The number of rotatable bonds is 9. The van der Waals surface area contributed by atoms with Crippen LogP contribution in [0.2, 0.25) is 0 Å². The first kappa shape index (κ1) is 37.6. The maximum atomic E-state index is 14.4. The summed E-state index contributed by atoms with van der Waals surface area (Å²) in [4.78, 5) is 24.1. The molecule has 254 valence electrons. The number of anilines is 1. The predicted octanol–water partition coefficient (Wildman–Crippen LogP) is 7.95. The van der Waals surface area contributed by atoms with E-state index < -0.39 is 75.4 Å². The number of carbonyl (C=O) groups is 2. The van der Waals surface area contributed by atoms with Crippen LogP contribution in [0.15, 0.2) is 0 Å². The lowest BCUT2D eigenvalue weighted by Gasteiger charge is -2.42. The number of primary amides is 1. The minimum atomic E-state index is -8.81. The number of hydrogen-bond acceptors (Lipinski definition) is 3. The van der Waals surface area contributed by atoms with E-state index in [1.807, 2.05) is 0 Å². The van der Waals surface area contributed by atoms with Gasteiger partial charge in [0.2, 0.25) is 0 Å². The molecule has 22 heteroatoms. The number of thiophene rings is 1. The minimum Gasteiger partial charge on any atom is -0.365 e. The number of hydrogen-bond donors (Lipinski definition) is 2. The van der Waals surface area contributed by atoms with Gasteiger partial charge in [-0.3, -0.25) is 9.59 Å². The second-order valence-corrected chi connectivity index (χ2v) is 12.0. The van der Waals surface area contributed by atoms with E-state index in [0.29, 0.717) is 6.42 Å². The smallest absolute Gasteiger partial charge is 0.365 e. The van der Waals surface area contributed by atoms with Gasteiger partial charge in [-0.1, -0.05) is 20.8 Å². The molecule has 2 rings (SSSR count).